The second kappa shape index (κ2) is 5.76. The lowest BCUT2D eigenvalue weighted by atomic mass is 10.0. The van der Waals surface area contributed by atoms with Gasteiger partial charge < -0.3 is 9.51 Å². The Kier molecular flexibility index (Phi) is 3.59. The Morgan fingerprint density at radius 2 is 2.00 bits per heavy atom. The van der Waals surface area contributed by atoms with Gasteiger partial charge in [0.15, 0.2) is 0 Å². The fourth-order valence-electron chi connectivity index (χ4n) is 3.36. The molecule has 3 aromatic rings. The van der Waals surface area contributed by atoms with Gasteiger partial charge in [0.25, 0.3) is 0 Å². The lowest BCUT2D eigenvalue weighted by molar-refractivity contribution is 0.172. The topological polar surface area (TPSA) is 40.8 Å². The van der Waals surface area contributed by atoms with E-state index < -0.39 is 0 Å². The van der Waals surface area contributed by atoms with Gasteiger partial charge in [0, 0.05) is 31.5 Å². The van der Waals surface area contributed by atoms with Crippen LogP contribution >= 0.6 is 0 Å². The van der Waals surface area contributed by atoms with Gasteiger partial charge in [-0.2, -0.15) is 0 Å². The Hall–Kier alpha value is -2.24. The molecule has 1 aromatic carbocycles. The first-order valence-electron chi connectivity index (χ1n) is 7.79. The molecule has 23 heavy (non-hydrogen) atoms. The zero-order valence-electron chi connectivity index (χ0n) is 12.6. The maximum atomic E-state index is 13.1. The number of hydrogen-bond acceptors (Lipinski definition) is 3. The van der Waals surface area contributed by atoms with E-state index in [0.717, 1.165) is 16.9 Å². The highest BCUT2D eigenvalue weighted by Crippen LogP contribution is 2.33. The third-order valence-corrected chi connectivity index (χ3v) is 4.42. The summed E-state index contributed by atoms with van der Waals surface area (Å²) in [7, 11) is 0. The van der Waals surface area contributed by atoms with E-state index in [2.05, 4.69) is 9.88 Å². The molecule has 2 atom stereocenters. The highest BCUT2D eigenvalue weighted by atomic mass is 19.1. The quantitative estimate of drug-likeness (QED) is 0.808. The van der Waals surface area contributed by atoms with Crippen molar-refractivity contribution in [1.29, 1.82) is 0 Å². The molecule has 1 saturated heterocycles. The van der Waals surface area contributed by atoms with Gasteiger partial charge in [-0.1, -0.05) is 18.2 Å². The molecule has 0 aliphatic carbocycles. The molecular weight excluding hydrogens is 293 g/mol. The molecule has 3 heterocycles. The third kappa shape index (κ3) is 2.85. The summed E-state index contributed by atoms with van der Waals surface area (Å²) in [5.41, 5.74) is 2.92. The van der Waals surface area contributed by atoms with E-state index in [0.29, 0.717) is 19.5 Å². The summed E-state index contributed by atoms with van der Waals surface area (Å²) >= 11 is 0. The van der Waals surface area contributed by atoms with Gasteiger partial charge in [-0.3, -0.25) is 4.90 Å². The largest absolute Gasteiger partial charge is 0.392 e. The lowest BCUT2D eigenvalue weighted by Crippen LogP contribution is -2.24. The SMILES string of the molecule is OC1CC(c2ccc(F)cc2)N(Cc2cn3ccccc3n2)C1. The highest BCUT2D eigenvalue weighted by Gasteiger charge is 2.32. The van der Waals surface area contributed by atoms with Gasteiger partial charge >= 0.3 is 0 Å². The number of benzene rings is 1. The van der Waals surface area contributed by atoms with Crippen LogP contribution in [0.5, 0.6) is 0 Å². The third-order valence-electron chi connectivity index (χ3n) is 4.42. The predicted octanol–water partition coefficient (Wildman–Crippen LogP) is 2.78. The highest BCUT2D eigenvalue weighted by molar-refractivity contribution is 5.39. The fraction of sp³-hybridized carbons (Fsp3) is 0.278. The molecule has 1 aliphatic heterocycles. The number of hydrogen-bond donors (Lipinski definition) is 1. The molecule has 0 saturated carbocycles. The average molecular weight is 311 g/mol. The minimum atomic E-state index is -0.359. The summed E-state index contributed by atoms with van der Waals surface area (Å²) in [5, 5.41) is 10.1. The van der Waals surface area contributed by atoms with E-state index in [-0.39, 0.29) is 18.0 Å². The molecule has 5 heteroatoms. The van der Waals surface area contributed by atoms with Crippen molar-refractivity contribution in [1.82, 2.24) is 14.3 Å². The number of rotatable bonds is 3. The van der Waals surface area contributed by atoms with Crippen LogP contribution in [0.4, 0.5) is 4.39 Å². The summed E-state index contributed by atoms with van der Waals surface area (Å²) in [6.07, 6.45) is 4.30. The number of halogens is 1. The van der Waals surface area contributed by atoms with Crippen molar-refractivity contribution >= 4 is 5.65 Å². The van der Waals surface area contributed by atoms with Crippen LogP contribution < -0.4 is 0 Å². The molecule has 1 fully saturated rings. The summed E-state index contributed by atoms with van der Waals surface area (Å²) in [6.45, 7) is 1.27. The standard InChI is InChI=1S/C18H18FN3O/c19-14-6-4-13(5-7-14)17-9-16(23)12-22(17)11-15-10-21-8-2-1-3-18(21)20-15/h1-8,10,16-17,23H,9,11-12H2. The Labute approximate surface area is 133 Å². The van der Waals surface area contributed by atoms with Crippen molar-refractivity contribution in [3.8, 4) is 0 Å². The van der Waals surface area contributed by atoms with Crippen molar-refractivity contribution in [2.24, 2.45) is 0 Å². The monoisotopic (exact) mass is 311 g/mol. The minimum Gasteiger partial charge on any atom is -0.392 e. The van der Waals surface area contributed by atoms with Crippen molar-refractivity contribution in [2.75, 3.05) is 6.54 Å². The first kappa shape index (κ1) is 14.4. The van der Waals surface area contributed by atoms with Crippen LogP contribution in [0.2, 0.25) is 0 Å². The Balaban J connectivity index is 1.59. The van der Waals surface area contributed by atoms with E-state index in [1.54, 1.807) is 12.1 Å². The molecule has 118 valence electrons. The van der Waals surface area contributed by atoms with Crippen LogP contribution in [0, 0.1) is 5.82 Å². The number of aliphatic hydroxyl groups is 1. The molecular formula is C18H18FN3O. The molecule has 0 spiro atoms. The molecule has 0 bridgehead atoms. The van der Waals surface area contributed by atoms with Crippen LogP contribution in [0.1, 0.15) is 23.7 Å². The Morgan fingerprint density at radius 1 is 1.17 bits per heavy atom. The normalized spacial score (nSPS) is 22.0. The maximum absolute atomic E-state index is 13.1. The van der Waals surface area contributed by atoms with E-state index in [9.17, 15) is 9.50 Å². The van der Waals surface area contributed by atoms with Gasteiger partial charge in [0.1, 0.15) is 11.5 Å². The molecule has 2 unspecified atom stereocenters. The zero-order valence-corrected chi connectivity index (χ0v) is 12.6. The predicted molar refractivity (Wildman–Crippen MR) is 85.4 cm³/mol. The van der Waals surface area contributed by atoms with E-state index in [1.165, 1.54) is 12.1 Å². The minimum absolute atomic E-state index is 0.0930. The first-order chi connectivity index (χ1) is 11.2. The average Bonchev–Trinajstić information content (AvgIpc) is 3.11. The van der Waals surface area contributed by atoms with E-state index in [4.69, 9.17) is 0 Å². The summed E-state index contributed by atoms with van der Waals surface area (Å²) < 4.78 is 15.1. The summed E-state index contributed by atoms with van der Waals surface area (Å²) in [6, 6.07) is 12.6. The van der Waals surface area contributed by atoms with Crippen LogP contribution in [0.25, 0.3) is 5.65 Å². The number of imidazole rings is 1. The Morgan fingerprint density at radius 3 is 2.78 bits per heavy atom. The van der Waals surface area contributed by atoms with Gasteiger partial charge in [-0.25, -0.2) is 9.37 Å². The van der Waals surface area contributed by atoms with Gasteiger partial charge in [0.2, 0.25) is 0 Å². The number of β-amino-alcohol motifs (C(OH)–C–C–N with tert-alkyl or cyclic N) is 1. The fourth-order valence-corrected chi connectivity index (χ4v) is 3.36. The van der Waals surface area contributed by atoms with Crippen molar-refractivity contribution in [2.45, 2.75) is 25.1 Å². The maximum Gasteiger partial charge on any atom is 0.137 e. The van der Waals surface area contributed by atoms with Gasteiger partial charge in [-0.05, 0) is 36.2 Å². The zero-order chi connectivity index (χ0) is 15.8. The molecule has 0 radical (unpaired) electrons. The molecule has 0 amide bonds. The molecule has 1 N–H and O–H groups in total. The van der Waals surface area contributed by atoms with Crippen molar-refractivity contribution in [3.05, 3.63) is 71.9 Å². The van der Waals surface area contributed by atoms with E-state index >= 15 is 0 Å². The van der Waals surface area contributed by atoms with Crippen LogP contribution in [0.15, 0.2) is 54.9 Å². The van der Waals surface area contributed by atoms with Crippen molar-refractivity contribution < 1.29 is 9.50 Å². The van der Waals surface area contributed by atoms with Gasteiger partial charge in [-0.15, -0.1) is 0 Å². The Bertz CT molecular complexity index is 782. The number of aromatic nitrogens is 2. The molecule has 2 aromatic heterocycles. The lowest BCUT2D eigenvalue weighted by Gasteiger charge is -2.23. The smallest absolute Gasteiger partial charge is 0.137 e. The van der Waals surface area contributed by atoms with Crippen LogP contribution in [0.3, 0.4) is 0 Å². The van der Waals surface area contributed by atoms with Crippen LogP contribution in [-0.4, -0.2) is 32.0 Å². The number of pyridine rings is 1. The number of aliphatic hydroxyl groups excluding tert-OH is 1. The molecule has 4 nitrogen and oxygen atoms in total. The number of likely N-dealkylation sites (tertiary alicyclic amines) is 1. The summed E-state index contributed by atoms with van der Waals surface area (Å²) in [4.78, 5) is 6.83. The van der Waals surface area contributed by atoms with E-state index in [1.807, 2.05) is 35.0 Å². The second-order valence-corrected chi connectivity index (χ2v) is 6.08. The number of fused-ring (bicyclic) bond motifs is 1. The first-order valence-corrected chi connectivity index (χ1v) is 7.79. The summed E-state index contributed by atoms with van der Waals surface area (Å²) in [5.74, 6) is -0.237. The molecule has 4 rings (SSSR count). The second-order valence-electron chi connectivity index (χ2n) is 6.08. The number of nitrogens with zero attached hydrogens (tertiary/aromatic N) is 3. The molecule has 1 aliphatic rings. The van der Waals surface area contributed by atoms with Crippen LogP contribution in [-0.2, 0) is 6.54 Å². The van der Waals surface area contributed by atoms with Crippen molar-refractivity contribution in [3.63, 3.8) is 0 Å². The van der Waals surface area contributed by atoms with Gasteiger partial charge in [0.05, 0.1) is 11.8 Å².